The second-order valence-corrected chi connectivity index (χ2v) is 9.59. The van der Waals surface area contributed by atoms with Crippen LogP contribution >= 0.6 is 0 Å². The van der Waals surface area contributed by atoms with Crippen LogP contribution in [0.15, 0.2) is 30.3 Å². The summed E-state index contributed by atoms with van der Waals surface area (Å²) in [5, 5.41) is 9.65. The van der Waals surface area contributed by atoms with Gasteiger partial charge in [0.1, 0.15) is 6.17 Å². The number of benzene rings is 2. The van der Waals surface area contributed by atoms with E-state index in [1.165, 1.54) is 56.7 Å². The largest absolute Gasteiger partial charge is 0.478 e. The normalized spacial score (nSPS) is 19.2. The molecule has 0 amide bonds. The van der Waals surface area contributed by atoms with Crippen molar-refractivity contribution < 1.29 is 27.5 Å². The molecular formula is C28H34F4O2. The first-order valence-corrected chi connectivity index (χ1v) is 12.5. The Morgan fingerprint density at radius 2 is 1.65 bits per heavy atom. The summed E-state index contributed by atoms with van der Waals surface area (Å²) in [6.45, 7) is 2.20. The summed E-state index contributed by atoms with van der Waals surface area (Å²) < 4.78 is 56.6. The molecule has 0 heterocycles. The highest BCUT2D eigenvalue weighted by molar-refractivity contribution is 5.92. The summed E-state index contributed by atoms with van der Waals surface area (Å²) in [5.74, 6) is -5.12. The maximum Gasteiger partial charge on any atom is 0.335 e. The van der Waals surface area contributed by atoms with E-state index in [9.17, 15) is 23.1 Å². The van der Waals surface area contributed by atoms with Crippen LogP contribution in [0.4, 0.5) is 17.6 Å². The van der Waals surface area contributed by atoms with E-state index in [0.717, 1.165) is 37.8 Å². The van der Waals surface area contributed by atoms with Gasteiger partial charge < -0.3 is 5.11 Å². The Bertz CT molecular complexity index is 944. The van der Waals surface area contributed by atoms with Gasteiger partial charge in [-0.1, -0.05) is 70.4 Å². The molecule has 34 heavy (non-hydrogen) atoms. The molecule has 0 aromatic heterocycles. The van der Waals surface area contributed by atoms with Gasteiger partial charge in [-0.05, 0) is 59.6 Å². The number of carbonyl (C=O) groups is 1. The van der Waals surface area contributed by atoms with Gasteiger partial charge in [0.25, 0.3) is 0 Å². The molecule has 0 aliphatic heterocycles. The van der Waals surface area contributed by atoms with Gasteiger partial charge in [0.15, 0.2) is 17.5 Å². The first kappa shape index (κ1) is 26.2. The Labute approximate surface area is 199 Å². The van der Waals surface area contributed by atoms with E-state index in [4.69, 9.17) is 0 Å². The lowest BCUT2D eigenvalue weighted by Gasteiger charge is -2.31. The van der Waals surface area contributed by atoms with E-state index < -0.39 is 29.6 Å². The summed E-state index contributed by atoms with van der Waals surface area (Å²) in [4.78, 5) is 11.8. The first-order valence-electron chi connectivity index (χ1n) is 12.5. The molecule has 1 atom stereocenters. The summed E-state index contributed by atoms with van der Waals surface area (Å²) in [6, 6.07) is 5.94. The molecule has 6 heteroatoms. The minimum Gasteiger partial charge on any atom is -0.478 e. The molecule has 3 rings (SSSR count). The predicted molar refractivity (Wildman–Crippen MR) is 126 cm³/mol. The van der Waals surface area contributed by atoms with E-state index in [1.807, 2.05) is 0 Å². The second kappa shape index (κ2) is 12.4. The van der Waals surface area contributed by atoms with Crippen LogP contribution in [-0.2, 0) is 6.42 Å². The number of aromatic carboxylic acids is 1. The molecule has 1 unspecified atom stereocenters. The number of hydrogen-bond donors (Lipinski definition) is 1. The van der Waals surface area contributed by atoms with Crippen LogP contribution in [0.3, 0.4) is 0 Å². The molecule has 1 saturated carbocycles. The Balaban J connectivity index is 1.71. The third-order valence-corrected chi connectivity index (χ3v) is 7.22. The molecule has 1 aliphatic rings. The highest BCUT2D eigenvalue weighted by Crippen LogP contribution is 2.37. The number of carboxylic acids is 1. The third-order valence-electron chi connectivity index (χ3n) is 7.22. The quantitative estimate of drug-likeness (QED) is 0.200. The molecule has 0 saturated heterocycles. The molecule has 186 valence electrons. The number of rotatable bonds is 11. The van der Waals surface area contributed by atoms with Crippen molar-refractivity contribution >= 4 is 5.97 Å². The number of halogens is 4. The maximum atomic E-state index is 15.5. The minimum atomic E-state index is -1.59. The fourth-order valence-corrected chi connectivity index (χ4v) is 5.23. The lowest BCUT2D eigenvalue weighted by Crippen LogP contribution is -2.25. The van der Waals surface area contributed by atoms with E-state index in [2.05, 4.69) is 6.92 Å². The smallest absolute Gasteiger partial charge is 0.335 e. The predicted octanol–water partition coefficient (Wildman–Crippen LogP) is 8.52. The van der Waals surface area contributed by atoms with Crippen LogP contribution in [0.5, 0.6) is 0 Å². The highest BCUT2D eigenvalue weighted by atomic mass is 19.2. The van der Waals surface area contributed by atoms with Crippen LogP contribution in [0.2, 0.25) is 0 Å². The molecule has 1 fully saturated rings. The number of alkyl halides is 1. The van der Waals surface area contributed by atoms with Gasteiger partial charge in [-0.25, -0.2) is 22.4 Å². The van der Waals surface area contributed by atoms with Crippen molar-refractivity contribution in [2.45, 2.75) is 83.7 Å². The molecule has 0 spiro atoms. The van der Waals surface area contributed by atoms with Crippen molar-refractivity contribution in [1.82, 2.24) is 0 Å². The Kier molecular flexibility index (Phi) is 9.54. The zero-order valence-electron chi connectivity index (χ0n) is 19.8. The molecule has 0 bridgehead atoms. The van der Waals surface area contributed by atoms with Gasteiger partial charge in [-0.15, -0.1) is 0 Å². The van der Waals surface area contributed by atoms with E-state index in [1.54, 1.807) is 0 Å². The van der Waals surface area contributed by atoms with Crippen molar-refractivity contribution in [1.29, 1.82) is 0 Å². The molecule has 2 nitrogen and oxygen atoms in total. The molecule has 0 radical (unpaired) electrons. The zero-order valence-corrected chi connectivity index (χ0v) is 19.8. The van der Waals surface area contributed by atoms with Crippen LogP contribution in [0, 0.1) is 29.3 Å². The van der Waals surface area contributed by atoms with Crippen molar-refractivity contribution in [3.63, 3.8) is 0 Å². The van der Waals surface area contributed by atoms with Gasteiger partial charge >= 0.3 is 5.97 Å². The molecule has 1 N–H and O–H groups in total. The first-order chi connectivity index (χ1) is 16.3. The van der Waals surface area contributed by atoms with E-state index in [0.29, 0.717) is 5.92 Å². The molecule has 2 aromatic carbocycles. The maximum absolute atomic E-state index is 15.5. The van der Waals surface area contributed by atoms with Crippen molar-refractivity contribution in [2.75, 3.05) is 0 Å². The topological polar surface area (TPSA) is 37.3 Å². The third kappa shape index (κ3) is 6.61. The average Bonchev–Trinajstić information content (AvgIpc) is 2.82. The van der Waals surface area contributed by atoms with Gasteiger partial charge in [-0.3, -0.25) is 0 Å². The Morgan fingerprint density at radius 3 is 2.26 bits per heavy atom. The van der Waals surface area contributed by atoms with Crippen LogP contribution in [0.25, 0.3) is 11.1 Å². The van der Waals surface area contributed by atoms with Crippen molar-refractivity contribution in [2.24, 2.45) is 11.8 Å². The van der Waals surface area contributed by atoms with E-state index in [-0.39, 0.29) is 34.6 Å². The number of unbranched alkanes of at least 4 members (excludes halogenated alkanes) is 4. The van der Waals surface area contributed by atoms with Crippen LogP contribution in [0.1, 0.15) is 87.1 Å². The number of carboxylic acid groups (broad SMARTS) is 1. The summed E-state index contributed by atoms with van der Waals surface area (Å²) in [7, 11) is 0. The van der Waals surface area contributed by atoms with E-state index >= 15 is 4.39 Å². The highest BCUT2D eigenvalue weighted by Gasteiger charge is 2.29. The number of hydrogen-bond acceptors (Lipinski definition) is 1. The standard InChI is InChI=1S/C28H34F4O2/c1-2-3-4-5-6-8-18-11-13-19(14-12-18)24(29)17-23-21(9-7-10-22(23)28(33)34)20-15-25(30)27(32)26(31)16-20/h7,9-10,15-16,18-19,24H,2-6,8,11-14,17H2,1H3,(H,33,34)/t18-,19-,24?. The van der Waals surface area contributed by atoms with Gasteiger partial charge in [-0.2, -0.15) is 0 Å². The fraction of sp³-hybridized carbons (Fsp3) is 0.536. The lowest BCUT2D eigenvalue weighted by atomic mass is 9.76. The minimum absolute atomic E-state index is 0.00604. The van der Waals surface area contributed by atoms with Crippen LogP contribution in [-0.4, -0.2) is 17.2 Å². The van der Waals surface area contributed by atoms with Gasteiger partial charge in [0.2, 0.25) is 0 Å². The monoisotopic (exact) mass is 478 g/mol. The summed E-state index contributed by atoms with van der Waals surface area (Å²) >= 11 is 0. The molecule has 2 aromatic rings. The van der Waals surface area contributed by atoms with Gasteiger partial charge in [0.05, 0.1) is 5.56 Å². The summed E-state index contributed by atoms with van der Waals surface area (Å²) in [6.07, 6.45) is 9.44. The average molecular weight is 479 g/mol. The lowest BCUT2D eigenvalue weighted by molar-refractivity contribution is 0.0694. The van der Waals surface area contributed by atoms with Gasteiger partial charge in [0, 0.05) is 6.42 Å². The van der Waals surface area contributed by atoms with Crippen molar-refractivity contribution in [3.8, 4) is 11.1 Å². The molecule has 1 aliphatic carbocycles. The zero-order chi connectivity index (χ0) is 24.7. The Morgan fingerprint density at radius 1 is 1.00 bits per heavy atom. The Hall–Kier alpha value is -2.37. The second-order valence-electron chi connectivity index (χ2n) is 9.59. The fourth-order valence-electron chi connectivity index (χ4n) is 5.23. The molecular weight excluding hydrogens is 444 g/mol. The summed E-state index contributed by atoms with van der Waals surface area (Å²) in [5.41, 5.74) is 0.284. The SMILES string of the molecule is CCCCCCC[C@H]1CC[C@H](C(F)Cc2c(C(=O)O)cccc2-c2cc(F)c(F)c(F)c2)CC1. The van der Waals surface area contributed by atoms with Crippen LogP contribution < -0.4 is 0 Å². The van der Waals surface area contributed by atoms with Crippen molar-refractivity contribution in [3.05, 3.63) is 58.9 Å².